The van der Waals surface area contributed by atoms with Gasteiger partial charge in [0.05, 0.1) is 11.5 Å². The Hall–Kier alpha value is -0.820. The first-order valence-electron chi connectivity index (χ1n) is 5.54. The summed E-state index contributed by atoms with van der Waals surface area (Å²) < 4.78 is 6.03. The zero-order chi connectivity index (χ0) is 12.8. The normalized spacial score (nSPS) is 10.8. The van der Waals surface area contributed by atoms with Gasteiger partial charge < -0.3 is 10.1 Å². The van der Waals surface area contributed by atoms with Crippen LogP contribution in [-0.2, 0) is 11.3 Å². The molecule has 1 N–H and O–H groups in total. The topological polar surface area (TPSA) is 47.0 Å². The van der Waals surface area contributed by atoms with Crippen LogP contribution in [0.25, 0.3) is 10.7 Å². The van der Waals surface area contributed by atoms with Crippen LogP contribution >= 0.6 is 27.3 Å². The maximum atomic E-state index is 4.96. The van der Waals surface area contributed by atoms with Crippen LogP contribution in [0.4, 0.5) is 0 Å². The van der Waals surface area contributed by atoms with Crippen molar-refractivity contribution in [2.75, 3.05) is 20.3 Å². The molecule has 0 aliphatic rings. The monoisotopic (exact) mass is 327 g/mol. The van der Waals surface area contributed by atoms with Gasteiger partial charge in [0.2, 0.25) is 0 Å². The molecule has 0 amide bonds. The molecule has 0 spiro atoms. The van der Waals surface area contributed by atoms with E-state index in [1.807, 2.05) is 23.8 Å². The molecule has 0 saturated heterocycles. The van der Waals surface area contributed by atoms with E-state index in [-0.39, 0.29) is 0 Å². The molecule has 4 nitrogen and oxygen atoms in total. The average molecular weight is 328 g/mol. The van der Waals surface area contributed by atoms with E-state index >= 15 is 0 Å². The van der Waals surface area contributed by atoms with Crippen LogP contribution < -0.4 is 5.32 Å². The SMILES string of the molecule is COCCNCc1cnc(-c2cc(Br)cs2)nc1. The van der Waals surface area contributed by atoms with E-state index in [9.17, 15) is 0 Å². The van der Waals surface area contributed by atoms with Gasteiger partial charge in [0.15, 0.2) is 5.82 Å². The molecule has 0 radical (unpaired) electrons. The van der Waals surface area contributed by atoms with Gasteiger partial charge in [-0.1, -0.05) is 0 Å². The fraction of sp³-hybridized carbons (Fsp3) is 0.333. The molecule has 2 aromatic heterocycles. The maximum absolute atomic E-state index is 4.96. The number of halogens is 1. The highest BCUT2D eigenvalue weighted by molar-refractivity contribution is 9.10. The highest BCUT2D eigenvalue weighted by Gasteiger charge is 2.04. The average Bonchev–Trinajstić information content (AvgIpc) is 2.82. The Balaban J connectivity index is 1.93. The minimum absolute atomic E-state index is 0.710. The van der Waals surface area contributed by atoms with Crippen molar-refractivity contribution in [1.29, 1.82) is 0 Å². The molecular formula is C12H14BrN3OS. The summed E-state index contributed by atoms with van der Waals surface area (Å²) in [7, 11) is 1.69. The van der Waals surface area contributed by atoms with E-state index in [0.29, 0.717) is 6.61 Å². The highest BCUT2D eigenvalue weighted by atomic mass is 79.9. The molecule has 6 heteroatoms. The summed E-state index contributed by atoms with van der Waals surface area (Å²) in [6, 6.07) is 2.02. The summed E-state index contributed by atoms with van der Waals surface area (Å²) in [5, 5.41) is 5.28. The van der Waals surface area contributed by atoms with Gasteiger partial charge in [-0.3, -0.25) is 0 Å². The number of thiophene rings is 1. The summed E-state index contributed by atoms with van der Waals surface area (Å²) in [6.45, 7) is 2.30. The zero-order valence-corrected chi connectivity index (χ0v) is 12.4. The minimum Gasteiger partial charge on any atom is -0.383 e. The maximum Gasteiger partial charge on any atom is 0.169 e. The van der Waals surface area contributed by atoms with Gasteiger partial charge >= 0.3 is 0 Å². The van der Waals surface area contributed by atoms with Crippen molar-refractivity contribution in [1.82, 2.24) is 15.3 Å². The molecule has 0 aromatic carbocycles. The van der Waals surface area contributed by atoms with Gasteiger partial charge in [0.1, 0.15) is 0 Å². The fourth-order valence-corrected chi connectivity index (χ4v) is 2.78. The van der Waals surface area contributed by atoms with Crippen molar-refractivity contribution < 1.29 is 4.74 Å². The molecule has 18 heavy (non-hydrogen) atoms. The molecule has 2 aromatic rings. The van der Waals surface area contributed by atoms with E-state index < -0.39 is 0 Å². The van der Waals surface area contributed by atoms with Crippen molar-refractivity contribution in [2.24, 2.45) is 0 Å². The van der Waals surface area contributed by atoms with E-state index in [4.69, 9.17) is 4.74 Å². The van der Waals surface area contributed by atoms with Crippen molar-refractivity contribution in [3.63, 3.8) is 0 Å². The molecule has 2 heterocycles. The smallest absolute Gasteiger partial charge is 0.169 e. The first kappa shape index (κ1) is 13.6. The van der Waals surface area contributed by atoms with Crippen LogP contribution in [0.1, 0.15) is 5.56 Å². The number of rotatable bonds is 6. The molecular weight excluding hydrogens is 314 g/mol. The van der Waals surface area contributed by atoms with Gasteiger partial charge in [0, 0.05) is 48.0 Å². The Morgan fingerprint density at radius 3 is 2.78 bits per heavy atom. The fourth-order valence-electron chi connectivity index (χ4n) is 1.41. The molecule has 0 unspecified atom stereocenters. The first-order chi connectivity index (χ1) is 8.79. The molecule has 0 atom stereocenters. The van der Waals surface area contributed by atoms with Gasteiger partial charge in [-0.15, -0.1) is 11.3 Å². The predicted octanol–water partition coefficient (Wildman–Crippen LogP) is 2.70. The van der Waals surface area contributed by atoms with Gasteiger partial charge in [-0.25, -0.2) is 9.97 Å². The van der Waals surface area contributed by atoms with E-state index in [2.05, 4.69) is 31.2 Å². The second-order valence-electron chi connectivity index (χ2n) is 3.71. The van der Waals surface area contributed by atoms with Crippen LogP contribution in [0.15, 0.2) is 28.3 Å². The molecule has 0 fully saturated rings. The molecule has 2 rings (SSSR count). The summed E-state index contributed by atoms with van der Waals surface area (Å²) in [4.78, 5) is 9.81. The second-order valence-corrected chi connectivity index (χ2v) is 5.54. The lowest BCUT2D eigenvalue weighted by atomic mass is 10.3. The Kier molecular flexibility index (Phi) is 5.25. The quantitative estimate of drug-likeness (QED) is 0.829. The van der Waals surface area contributed by atoms with Crippen molar-refractivity contribution in [3.05, 3.63) is 33.9 Å². The largest absolute Gasteiger partial charge is 0.383 e. The number of methoxy groups -OCH3 is 1. The van der Waals surface area contributed by atoms with Crippen LogP contribution in [0.5, 0.6) is 0 Å². The number of ether oxygens (including phenoxy) is 1. The van der Waals surface area contributed by atoms with Crippen LogP contribution in [0.2, 0.25) is 0 Å². The van der Waals surface area contributed by atoms with E-state index in [1.54, 1.807) is 18.4 Å². The molecule has 96 valence electrons. The molecule has 0 aliphatic carbocycles. The van der Waals surface area contributed by atoms with Gasteiger partial charge in [0.25, 0.3) is 0 Å². The third kappa shape index (κ3) is 3.84. The summed E-state index contributed by atoms with van der Waals surface area (Å²) >= 11 is 5.05. The van der Waals surface area contributed by atoms with Gasteiger partial charge in [-0.2, -0.15) is 0 Å². The lowest BCUT2D eigenvalue weighted by Gasteiger charge is -2.03. The minimum atomic E-state index is 0.710. The van der Waals surface area contributed by atoms with Crippen molar-refractivity contribution >= 4 is 27.3 Å². The van der Waals surface area contributed by atoms with Crippen molar-refractivity contribution in [3.8, 4) is 10.7 Å². The predicted molar refractivity (Wildman–Crippen MR) is 76.6 cm³/mol. The van der Waals surface area contributed by atoms with Gasteiger partial charge in [-0.05, 0) is 22.0 Å². The van der Waals surface area contributed by atoms with Crippen LogP contribution in [0.3, 0.4) is 0 Å². The Labute approximate surface area is 119 Å². The Bertz CT molecular complexity index is 486. The molecule has 0 saturated carbocycles. The summed E-state index contributed by atoms with van der Waals surface area (Å²) in [5.74, 6) is 0.770. The van der Waals surface area contributed by atoms with Crippen molar-refractivity contribution in [2.45, 2.75) is 6.54 Å². The van der Waals surface area contributed by atoms with E-state index in [0.717, 1.165) is 33.8 Å². The third-order valence-electron chi connectivity index (χ3n) is 2.31. The zero-order valence-electron chi connectivity index (χ0n) is 10.0. The number of nitrogens with zero attached hydrogens (tertiary/aromatic N) is 2. The summed E-state index contributed by atoms with van der Waals surface area (Å²) in [6.07, 6.45) is 3.71. The molecule has 0 aliphatic heterocycles. The number of nitrogens with one attached hydrogen (secondary N) is 1. The lowest BCUT2D eigenvalue weighted by molar-refractivity contribution is 0.199. The molecule has 0 bridgehead atoms. The summed E-state index contributed by atoms with van der Waals surface area (Å²) in [5.41, 5.74) is 1.07. The Morgan fingerprint density at radius 2 is 2.17 bits per heavy atom. The van der Waals surface area contributed by atoms with Crippen LogP contribution in [0, 0.1) is 0 Å². The second kappa shape index (κ2) is 6.94. The first-order valence-corrected chi connectivity index (χ1v) is 7.22. The standard InChI is InChI=1S/C12H14BrN3OS/c1-17-3-2-14-5-9-6-15-12(16-7-9)11-4-10(13)8-18-11/h4,6-8,14H,2-3,5H2,1H3. The third-order valence-corrected chi connectivity index (χ3v) is 3.99. The number of hydrogen-bond acceptors (Lipinski definition) is 5. The Morgan fingerprint density at radius 1 is 1.39 bits per heavy atom. The lowest BCUT2D eigenvalue weighted by Crippen LogP contribution is -2.18. The highest BCUT2D eigenvalue weighted by Crippen LogP contribution is 2.26. The van der Waals surface area contributed by atoms with E-state index in [1.165, 1.54) is 0 Å². The van der Waals surface area contributed by atoms with Crippen LogP contribution in [-0.4, -0.2) is 30.2 Å². The number of hydrogen-bond donors (Lipinski definition) is 1. The number of aromatic nitrogens is 2.